The highest BCUT2D eigenvalue weighted by Gasteiger charge is 2.29. The van der Waals surface area contributed by atoms with Gasteiger partial charge in [0.1, 0.15) is 5.01 Å². The van der Waals surface area contributed by atoms with Gasteiger partial charge in [-0.3, -0.25) is 15.0 Å². The molecule has 1 aliphatic heterocycles. The zero-order valence-electron chi connectivity index (χ0n) is 15.3. The van der Waals surface area contributed by atoms with Crippen molar-refractivity contribution in [1.82, 2.24) is 14.2 Å². The molecular formula is C18H18N4O4S3. The van der Waals surface area contributed by atoms with Crippen LogP contribution in [-0.2, 0) is 16.6 Å². The lowest BCUT2D eigenvalue weighted by Gasteiger charge is -2.33. The fourth-order valence-electron chi connectivity index (χ4n) is 3.13. The summed E-state index contributed by atoms with van der Waals surface area (Å²) >= 11 is 3.27. The molecule has 8 nitrogen and oxygen atoms in total. The molecule has 2 aromatic heterocycles. The second kappa shape index (κ2) is 8.28. The Balaban J connectivity index is 1.37. The fourth-order valence-corrected chi connectivity index (χ4v) is 6.15. The van der Waals surface area contributed by atoms with Crippen LogP contribution in [0.4, 0.5) is 5.69 Å². The molecule has 0 spiro atoms. The largest absolute Gasteiger partial charge is 0.294 e. The smallest absolute Gasteiger partial charge is 0.269 e. The summed E-state index contributed by atoms with van der Waals surface area (Å²) in [5.74, 6) is 0. The maximum absolute atomic E-state index is 12.8. The van der Waals surface area contributed by atoms with Crippen LogP contribution < -0.4 is 0 Å². The van der Waals surface area contributed by atoms with Crippen molar-refractivity contribution in [3.8, 4) is 10.6 Å². The van der Waals surface area contributed by atoms with E-state index in [2.05, 4.69) is 15.3 Å². The number of benzene rings is 1. The number of rotatable bonds is 6. The molecular weight excluding hydrogens is 432 g/mol. The number of nitro groups is 1. The molecule has 3 aromatic rings. The SMILES string of the molecule is O=[N+]([O-])c1ccc(S(=O)(=O)N2CCN(Cc3nc(-c4cccs4)cs3)CC2)cc1. The highest BCUT2D eigenvalue weighted by Crippen LogP contribution is 2.27. The van der Waals surface area contributed by atoms with Crippen LogP contribution in [0.25, 0.3) is 10.6 Å². The lowest BCUT2D eigenvalue weighted by atomic mass is 10.3. The van der Waals surface area contributed by atoms with E-state index in [4.69, 9.17) is 0 Å². The summed E-state index contributed by atoms with van der Waals surface area (Å²) in [5, 5.41) is 15.8. The van der Waals surface area contributed by atoms with E-state index in [0.29, 0.717) is 32.7 Å². The predicted octanol–water partition coefficient (Wildman–Crippen LogP) is 3.29. The Morgan fingerprint density at radius 1 is 1.07 bits per heavy atom. The monoisotopic (exact) mass is 450 g/mol. The quantitative estimate of drug-likeness (QED) is 0.422. The summed E-state index contributed by atoms with van der Waals surface area (Å²) in [6.07, 6.45) is 0. The van der Waals surface area contributed by atoms with Gasteiger partial charge in [-0.05, 0) is 23.6 Å². The molecule has 1 fully saturated rings. The number of aromatic nitrogens is 1. The second-order valence-electron chi connectivity index (χ2n) is 6.54. The van der Waals surface area contributed by atoms with Crippen molar-refractivity contribution < 1.29 is 13.3 Å². The number of sulfonamides is 1. The molecule has 3 heterocycles. The third-order valence-corrected chi connectivity index (χ3v) is 8.34. The van der Waals surface area contributed by atoms with Crippen LogP contribution in [0, 0.1) is 10.1 Å². The first-order valence-electron chi connectivity index (χ1n) is 8.89. The van der Waals surface area contributed by atoms with Gasteiger partial charge in [0, 0.05) is 43.7 Å². The number of nitro benzene ring substituents is 1. The summed E-state index contributed by atoms with van der Waals surface area (Å²) in [6, 6.07) is 9.07. The minimum Gasteiger partial charge on any atom is -0.294 e. The maximum atomic E-state index is 12.8. The molecule has 0 N–H and O–H groups in total. The van der Waals surface area contributed by atoms with Crippen molar-refractivity contribution in [3.05, 3.63) is 62.3 Å². The Morgan fingerprint density at radius 3 is 2.41 bits per heavy atom. The molecule has 0 radical (unpaired) electrons. The first kappa shape index (κ1) is 20.1. The molecule has 1 aromatic carbocycles. The van der Waals surface area contributed by atoms with Gasteiger partial charge in [0.15, 0.2) is 0 Å². The third-order valence-electron chi connectivity index (χ3n) is 4.70. The standard InChI is InChI=1S/C18H18N4O4S3/c23-22(24)14-3-5-15(6-4-14)29(25,26)21-9-7-20(8-10-21)12-18-19-16(13-28-18)17-2-1-11-27-17/h1-6,11,13H,7-10,12H2. The highest BCUT2D eigenvalue weighted by atomic mass is 32.2. The van der Waals surface area contributed by atoms with Gasteiger partial charge in [0.2, 0.25) is 10.0 Å². The molecule has 1 saturated heterocycles. The fraction of sp³-hybridized carbons (Fsp3) is 0.278. The summed E-state index contributed by atoms with van der Waals surface area (Å²) in [7, 11) is -3.65. The zero-order chi connectivity index (χ0) is 20.4. The maximum Gasteiger partial charge on any atom is 0.269 e. The topological polar surface area (TPSA) is 96.6 Å². The lowest BCUT2D eigenvalue weighted by Crippen LogP contribution is -2.48. The minimum atomic E-state index is -3.65. The van der Waals surface area contributed by atoms with Gasteiger partial charge in [0.25, 0.3) is 5.69 Å². The summed E-state index contributed by atoms with van der Waals surface area (Å²) in [4.78, 5) is 18.3. The molecule has 29 heavy (non-hydrogen) atoms. The van der Waals surface area contributed by atoms with Crippen LogP contribution in [-0.4, -0.2) is 53.7 Å². The summed E-state index contributed by atoms with van der Waals surface area (Å²) in [5.41, 5.74) is 0.860. The first-order valence-corrected chi connectivity index (χ1v) is 12.1. The molecule has 4 rings (SSSR count). The van der Waals surface area contributed by atoms with E-state index in [0.717, 1.165) is 15.6 Å². The Kier molecular flexibility index (Phi) is 5.74. The third kappa shape index (κ3) is 4.38. The lowest BCUT2D eigenvalue weighted by molar-refractivity contribution is -0.384. The van der Waals surface area contributed by atoms with Crippen molar-refractivity contribution in [2.45, 2.75) is 11.4 Å². The van der Waals surface area contributed by atoms with Crippen LogP contribution in [0.15, 0.2) is 52.1 Å². The van der Waals surface area contributed by atoms with E-state index in [1.807, 2.05) is 17.5 Å². The number of nitrogens with zero attached hydrogens (tertiary/aromatic N) is 4. The van der Waals surface area contributed by atoms with Gasteiger partial charge >= 0.3 is 0 Å². The van der Waals surface area contributed by atoms with Crippen molar-refractivity contribution in [2.24, 2.45) is 0 Å². The van der Waals surface area contributed by atoms with Crippen LogP contribution in [0.5, 0.6) is 0 Å². The van der Waals surface area contributed by atoms with Gasteiger partial charge < -0.3 is 0 Å². The van der Waals surface area contributed by atoms with E-state index < -0.39 is 14.9 Å². The van der Waals surface area contributed by atoms with Gasteiger partial charge in [-0.1, -0.05) is 6.07 Å². The molecule has 0 amide bonds. The first-order chi connectivity index (χ1) is 13.9. The average Bonchev–Trinajstić information content (AvgIpc) is 3.40. The highest BCUT2D eigenvalue weighted by molar-refractivity contribution is 7.89. The molecule has 0 aliphatic carbocycles. The van der Waals surface area contributed by atoms with Gasteiger partial charge in [-0.2, -0.15) is 4.31 Å². The molecule has 11 heteroatoms. The predicted molar refractivity (Wildman–Crippen MR) is 113 cm³/mol. The zero-order valence-corrected chi connectivity index (χ0v) is 17.8. The number of thiazole rings is 1. The van der Waals surface area contributed by atoms with Gasteiger partial charge in [-0.15, -0.1) is 22.7 Å². The Bertz CT molecular complexity index is 1090. The number of thiophene rings is 1. The number of hydrogen-bond donors (Lipinski definition) is 0. The van der Waals surface area contributed by atoms with Gasteiger partial charge in [-0.25, -0.2) is 13.4 Å². The second-order valence-corrected chi connectivity index (χ2v) is 10.4. The normalized spacial score (nSPS) is 16.1. The van der Waals surface area contributed by atoms with Crippen molar-refractivity contribution in [3.63, 3.8) is 0 Å². The molecule has 0 unspecified atom stereocenters. The van der Waals surface area contributed by atoms with E-state index in [1.54, 1.807) is 22.7 Å². The Hall–Kier alpha value is -2.18. The molecule has 152 valence electrons. The van der Waals surface area contributed by atoms with Crippen LogP contribution in [0.3, 0.4) is 0 Å². The van der Waals surface area contributed by atoms with Crippen LogP contribution >= 0.6 is 22.7 Å². The summed E-state index contributed by atoms with van der Waals surface area (Å²) < 4.78 is 27.0. The number of non-ortho nitro benzene ring substituents is 1. The van der Waals surface area contributed by atoms with Crippen molar-refractivity contribution in [2.75, 3.05) is 26.2 Å². The van der Waals surface area contributed by atoms with E-state index >= 15 is 0 Å². The van der Waals surface area contributed by atoms with Crippen LogP contribution in [0.1, 0.15) is 5.01 Å². The van der Waals surface area contributed by atoms with Crippen molar-refractivity contribution in [1.29, 1.82) is 0 Å². The Morgan fingerprint density at radius 2 is 1.79 bits per heavy atom. The van der Waals surface area contributed by atoms with E-state index in [1.165, 1.54) is 28.6 Å². The van der Waals surface area contributed by atoms with E-state index in [9.17, 15) is 18.5 Å². The average molecular weight is 451 g/mol. The van der Waals surface area contributed by atoms with Crippen molar-refractivity contribution >= 4 is 38.4 Å². The molecule has 0 bridgehead atoms. The van der Waals surface area contributed by atoms with Gasteiger partial charge in [0.05, 0.1) is 26.9 Å². The molecule has 0 saturated carbocycles. The molecule has 0 atom stereocenters. The van der Waals surface area contributed by atoms with Crippen LogP contribution in [0.2, 0.25) is 0 Å². The number of hydrogen-bond acceptors (Lipinski definition) is 8. The van der Waals surface area contributed by atoms with E-state index in [-0.39, 0.29) is 10.6 Å². The minimum absolute atomic E-state index is 0.0806. The summed E-state index contributed by atoms with van der Waals surface area (Å²) in [6.45, 7) is 2.67. The molecule has 1 aliphatic rings. The Labute approximate surface area is 176 Å². The number of piperazine rings is 1.